The molecule has 26 heavy (non-hydrogen) atoms. The second kappa shape index (κ2) is 8.62. The van der Waals surface area contributed by atoms with E-state index in [-0.39, 0.29) is 28.3 Å². The standard InChI is InChI=1S/C16H18F2N2O3S2.ClH/c1-23-15-5-7-24-16(15)25(21,22)20-14-9-19-6-4-11(14)10-2-3-12(17)13(18)8-10;/h2-3,5,7-8,11,14,19-20H,4,6,9H2,1H3;1H. The van der Waals surface area contributed by atoms with Crippen LogP contribution in [0.25, 0.3) is 0 Å². The van der Waals surface area contributed by atoms with Crippen LogP contribution in [0.5, 0.6) is 5.75 Å². The van der Waals surface area contributed by atoms with Crippen LogP contribution < -0.4 is 14.8 Å². The summed E-state index contributed by atoms with van der Waals surface area (Å²) in [4.78, 5) is 0. The van der Waals surface area contributed by atoms with E-state index in [0.29, 0.717) is 25.1 Å². The number of methoxy groups -OCH3 is 1. The van der Waals surface area contributed by atoms with Crippen LogP contribution >= 0.6 is 23.7 Å². The van der Waals surface area contributed by atoms with Crippen molar-refractivity contribution in [2.45, 2.75) is 22.6 Å². The van der Waals surface area contributed by atoms with Gasteiger partial charge in [-0.3, -0.25) is 0 Å². The van der Waals surface area contributed by atoms with Crippen molar-refractivity contribution in [3.05, 3.63) is 46.8 Å². The molecule has 2 heterocycles. The number of sulfonamides is 1. The van der Waals surface area contributed by atoms with Gasteiger partial charge in [0.2, 0.25) is 0 Å². The fourth-order valence-corrected chi connectivity index (χ4v) is 5.58. The first-order valence-corrected chi connectivity index (χ1v) is 10.1. The van der Waals surface area contributed by atoms with Crippen LogP contribution in [0.1, 0.15) is 17.9 Å². The van der Waals surface area contributed by atoms with Gasteiger partial charge < -0.3 is 10.1 Å². The first-order valence-electron chi connectivity index (χ1n) is 7.72. The number of thiophene rings is 1. The fourth-order valence-electron chi connectivity index (χ4n) is 3.01. The van der Waals surface area contributed by atoms with Gasteiger partial charge in [0.05, 0.1) is 7.11 Å². The van der Waals surface area contributed by atoms with E-state index >= 15 is 0 Å². The number of nitrogens with one attached hydrogen (secondary N) is 2. The molecule has 1 aromatic carbocycles. The predicted octanol–water partition coefficient (Wildman–Crippen LogP) is 2.88. The van der Waals surface area contributed by atoms with Crippen molar-refractivity contribution in [3.8, 4) is 5.75 Å². The molecule has 1 aliphatic rings. The lowest BCUT2D eigenvalue weighted by atomic mass is 9.86. The van der Waals surface area contributed by atoms with Gasteiger partial charge in [-0.25, -0.2) is 21.9 Å². The van der Waals surface area contributed by atoms with E-state index in [1.807, 2.05) is 0 Å². The van der Waals surface area contributed by atoms with Crippen LogP contribution in [0.4, 0.5) is 8.78 Å². The number of halogens is 3. The molecule has 2 atom stereocenters. The van der Waals surface area contributed by atoms with E-state index in [9.17, 15) is 17.2 Å². The topological polar surface area (TPSA) is 67.4 Å². The van der Waals surface area contributed by atoms with Crippen LogP contribution in [-0.4, -0.2) is 34.7 Å². The van der Waals surface area contributed by atoms with Crippen molar-refractivity contribution in [2.24, 2.45) is 0 Å². The monoisotopic (exact) mass is 424 g/mol. The second-order valence-corrected chi connectivity index (χ2v) is 8.60. The highest BCUT2D eigenvalue weighted by Gasteiger charge is 2.32. The smallest absolute Gasteiger partial charge is 0.254 e. The van der Waals surface area contributed by atoms with Crippen LogP contribution in [0.3, 0.4) is 0 Å². The number of rotatable bonds is 5. The zero-order chi connectivity index (χ0) is 18.0. The molecule has 1 aliphatic heterocycles. The van der Waals surface area contributed by atoms with Crippen LogP contribution in [0.15, 0.2) is 33.9 Å². The predicted molar refractivity (Wildman–Crippen MR) is 98.8 cm³/mol. The maximum atomic E-state index is 13.6. The molecule has 3 rings (SSSR count). The summed E-state index contributed by atoms with van der Waals surface area (Å²) >= 11 is 1.07. The first-order chi connectivity index (χ1) is 11.9. The highest BCUT2D eigenvalue weighted by molar-refractivity contribution is 7.91. The molecule has 0 saturated carbocycles. The van der Waals surface area contributed by atoms with Gasteiger partial charge in [-0.15, -0.1) is 23.7 Å². The van der Waals surface area contributed by atoms with Gasteiger partial charge in [0.25, 0.3) is 10.0 Å². The van der Waals surface area contributed by atoms with Gasteiger partial charge in [0.15, 0.2) is 15.8 Å². The van der Waals surface area contributed by atoms with Gasteiger partial charge in [-0.2, -0.15) is 0 Å². The first kappa shape index (κ1) is 21.0. The highest BCUT2D eigenvalue weighted by atomic mass is 35.5. The molecule has 2 N–H and O–H groups in total. The average Bonchev–Trinajstić information content (AvgIpc) is 3.07. The summed E-state index contributed by atoms with van der Waals surface area (Å²) in [6, 6.07) is 4.82. The molecule has 1 aromatic heterocycles. The van der Waals surface area contributed by atoms with Crippen molar-refractivity contribution in [2.75, 3.05) is 20.2 Å². The molecule has 1 saturated heterocycles. The third-order valence-corrected chi connectivity index (χ3v) is 7.16. The SMILES string of the molecule is COc1ccsc1S(=O)(=O)NC1CNCCC1c1ccc(F)c(F)c1.Cl. The van der Waals surface area contributed by atoms with Gasteiger partial charge >= 0.3 is 0 Å². The van der Waals surface area contributed by atoms with E-state index < -0.39 is 27.7 Å². The van der Waals surface area contributed by atoms with E-state index in [0.717, 1.165) is 23.5 Å². The summed E-state index contributed by atoms with van der Waals surface area (Å²) < 4.78 is 60.0. The molecule has 0 amide bonds. The number of ether oxygens (including phenoxy) is 1. The Morgan fingerprint density at radius 2 is 2.04 bits per heavy atom. The third-order valence-electron chi connectivity index (χ3n) is 4.22. The molecular weight excluding hydrogens is 406 g/mol. The molecule has 2 aromatic rings. The largest absolute Gasteiger partial charge is 0.494 e. The lowest BCUT2D eigenvalue weighted by molar-refractivity contribution is 0.374. The van der Waals surface area contributed by atoms with Crippen molar-refractivity contribution >= 4 is 33.8 Å². The molecule has 0 bridgehead atoms. The Hall–Kier alpha value is -1.26. The zero-order valence-corrected chi connectivity index (χ0v) is 16.3. The summed E-state index contributed by atoms with van der Waals surface area (Å²) in [7, 11) is -2.37. The van der Waals surface area contributed by atoms with E-state index in [1.165, 1.54) is 13.2 Å². The van der Waals surface area contributed by atoms with Crippen LogP contribution in [0.2, 0.25) is 0 Å². The Balaban J connectivity index is 0.00000243. The molecule has 2 unspecified atom stereocenters. The minimum atomic E-state index is -3.78. The Bertz CT molecular complexity index is 861. The highest BCUT2D eigenvalue weighted by Crippen LogP contribution is 2.32. The lowest BCUT2D eigenvalue weighted by Gasteiger charge is -2.33. The number of piperidine rings is 1. The molecule has 5 nitrogen and oxygen atoms in total. The molecular formula is C16H19ClF2N2O3S2. The summed E-state index contributed by atoms with van der Waals surface area (Å²) in [6.45, 7) is 1.07. The van der Waals surface area contributed by atoms with Crippen molar-refractivity contribution in [1.82, 2.24) is 10.0 Å². The summed E-state index contributed by atoms with van der Waals surface area (Å²) in [6.07, 6.45) is 0.611. The maximum Gasteiger partial charge on any atom is 0.254 e. The van der Waals surface area contributed by atoms with Crippen molar-refractivity contribution in [3.63, 3.8) is 0 Å². The van der Waals surface area contributed by atoms with Crippen LogP contribution in [-0.2, 0) is 10.0 Å². The zero-order valence-electron chi connectivity index (χ0n) is 13.9. The van der Waals surface area contributed by atoms with Crippen molar-refractivity contribution in [1.29, 1.82) is 0 Å². The van der Waals surface area contributed by atoms with Crippen LogP contribution in [0, 0.1) is 11.6 Å². The van der Waals surface area contributed by atoms with Gasteiger partial charge in [0, 0.05) is 18.5 Å². The van der Waals surface area contributed by atoms with Gasteiger partial charge in [-0.05, 0) is 42.1 Å². The second-order valence-electron chi connectivity index (χ2n) is 5.78. The molecule has 0 spiro atoms. The number of hydrogen-bond donors (Lipinski definition) is 2. The number of hydrogen-bond acceptors (Lipinski definition) is 5. The number of benzene rings is 1. The Labute approximate surface area is 161 Å². The normalized spacial score (nSPS) is 20.4. The third kappa shape index (κ3) is 4.34. The minimum Gasteiger partial charge on any atom is -0.494 e. The van der Waals surface area contributed by atoms with Gasteiger partial charge in [0.1, 0.15) is 5.75 Å². The molecule has 10 heteroatoms. The minimum absolute atomic E-state index is 0. The van der Waals surface area contributed by atoms with E-state index in [2.05, 4.69) is 10.0 Å². The molecule has 144 valence electrons. The summed E-state index contributed by atoms with van der Waals surface area (Å²) in [5, 5.41) is 4.77. The summed E-state index contributed by atoms with van der Waals surface area (Å²) in [5.41, 5.74) is 0.575. The van der Waals surface area contributed by atoms with E-state index in [4.69, 9.17) is 4.74 Å². The lowest BCUT2D eigenvalue weighted by Crippen LogP contribution is -2.49. The Kier molecular flexibility index (Phi) is 6.98. The fraction of sp³-hybridized carbons (Fsp3) is 0.375. The maximum absolute atomic E-state index is 13.6. The molecule has 0 aliphatic carbocycles. The molecule has 1 fully saturated rings. The average molecular weight is 425 g/mol. The summed E-state index contributed by atoms with van der Waals surface area (Å²) in [5.74, 6) is -1.82. The Morgan fingerprint density at radius 3 is 2.73 bits per heavy atom. The van der Waals surface area contributed by atoms with Crippen molar-refractivity contribution < 1.29 is 21.9 Å². The Morgan fingerprint density at radius 1 is 1.27 bits per heavy atom. The van der Waals surface area contributed by atoms with Gasteiger partial charge in [-0.1, -0.05) is 6.07 Å². The van der Waals surface area contributed by atoms with E-state index in [1.54, 1.807) is 11.4 Å². The molecule has 0 radical (unpaired) electrons. The quantitative estimate of drug-likeness (QED) is 0.774.